The lowest BCUT2D eigenvalue weighted by Gasteiger charge is -2.32. The molecular weight excluding hydrogens is 342 g/mol. The number of rotatable bonds is 6. The Hall–Kier alpha value is -2.89. The van der Waals surface area contributed by atoms with Crippen LogP contribution in [0.5, 0.6) is 0 Å². The first-order valence-corrected chi connectivity index (χ1v) is 9.00. The van der Waals surface area contributed by atoms with Gasteiger partial charge < -0.3 is 15.8 Å². The van der Waals surface area contributed by atoms with Crippen molar-refractivity contribution in [3.8, 4) is 6.07 Å². The number of amidine groups is 1. The van der Waals surface area contributed by atoms with E-state index in [1.165, 1.54) is 6.34 Å². The lowest BCUT2D eigenvalue weighted by atomic mass is 10.0. The van der Waals surface area contributed by atoms with Gasteiger partial charge >= 0.3 is 0 Å². The van der Waals surface area contributed by atoms with Crippen molar-refractivity contribution >= 4 is 17.9 Å². The molecule has 0 aliphatic carbocycles. The first-order valence-electron chi connectivity index (χ1n) is 9.00. The number of allylic oxidation sites excluding steroid dienone is 1. The Morgan fingerprint density at radius 1 is 1.30 bits per heavy atom. The predicted octanol–water partition coefficient (Wildman–Crippen LogP) is 0.997. The Morgan fingerprint density at radius 3 is 2.67 bits per heavy atom. The second kappa shape index (κ2) is 9.16. The molecule has 1 fully saturated rings. The van der Waals surface area contributed by atoms with Gasteiger partial charge in [0.25, 0.3) is 0 Å². The number of hydrazone groups is 1. The van der Waals surface area contributed by atoms with Gasteiger partial charge in [0.15, 0.2) is 0 Å². The van der Waals surface area contributed by atoms with Crippen LogP contribution in [0.15, 0.2) is 45.6 Å². The van der Waals surface area contributed by atoms with Crippen LogP contribution in [0.4, 0.5) is 5.69 Å². The van der Waals surface area contributed by atoms with Gasteiger partial charge in [-0.05, 0) is 17.7 Å². The molecule has 1 saturated heterocycles. The molecule has 0 unspecified atom stereocenters. The maximum Gasteiger partial charge on any atom is 0.138 e. The molecule has 0 saturated carbocycles. The van der Waals surface area contributed by atoms with Crippen LogP contribution in [0, 0.1) is 11.3 Å². The number of benzene rings is 1. The molecule has 0 spiro atoms. The van der Waals surface area contributed by atoms with Gasteiger partial charge in [0, 0.05) is 38.8 Å². The highest BCUT2D eigenvalue weighted by Crippen LogP contribution is 2.20. The van der Waals surface area contributed by atoms with Crippen LogP contribution in [0.2, 0.25) is 0 Å². The molecule has 3 N–H and O–H groups in total. The van der Waals surface area contributed by atoms with Gasteiger partial charge in [-0.25, -0.2) is 4.99 Å². The molecule has 0 aromatic heterocycles. The summed E-state index contributed by atoms with van der Waals surface area (Å²) in [5, 5.41) is 19.1. The Balaban J connectivity index is 1.87. The van der Waals surface area contributed by atoms with Crippen molar-refractivity contribution in [2.75, 3.05) is 51.8 Å². The number of ether oxygens (including phenoxy) is 1. The minimum atomic E-state index is 0.389. The Kier molecular flexibility index (Phi) is 6.41. The zero-order valence-electron chi connectivity index (χ0n) is 15.6. The molecule has 27 heavy (non-hydrogen) atoms. The summed E-state index contributed by atoms with van der Waals surface area (Å²) in [4.78, 5) is 6.29. The van der Waals surface area contributed by atoms with Gasteiger partial charge in [-0.3, -0.25) is 9.91 Å². The smallest absolute Gasteiger partial charge is 0.138 e. The summed E-state index contributed by atoms with van der Waals surface area (Å²) < 4.78 is 5.44. The third-order valence-electron chi connectivity index (χ3n) is 4.62. The van der Waals surface area contributed by atoms with Crippen LogP contribution >= 0.6 is 0 Å². The number of anilines is 1. The molecule has 1 aromatic carbocycles. The van der Waals surface area contributed by atoms with E-state index in [0.717, 1.165) is 30.0 Å². The second-order valence-corrected chi connectivity index (χ2v) is 6.46. The normalized spacial score (nSPS) is 18.5. The molecule has 142 valence electrons. The average molecular weight is 367 g/mol. The number of nitrogens with one attached hydrogen (secondary N) is 1. The van der Waals surface area contributed by atoms with E-state index in [4.69, 9.17) is 10.5 Å². The summed E-state index contributed by atoms with van der Waals surface area (Å²) in [6, 6.07) is 10.5. The molecule has 3 rings (SSSR count). The van der Waals surface area contributed by atoms with Crippen molar-refractivity contribution in [2.45, 2.75) is 6.42 Å². The van der Waals surface area contributed by atoms with Crippen molar-refractivity contribution in [1.29, 1.82) is 5.26 Å². The first kappa shape index (κ1) is 18.9. The zero-order chi connectivity index (χ0) is 19.1. The first-order chi connectivity index (χ1) is 13.2. The molecular formula is C19H25N7O. The molecule has 8 nitrogen and oxygen atoms in total. The van der Waals surface area contributed by atoms with Crippen LogP contribution in [0.1, 0.15) is 5.56 Å². The molecule has 0 atom stereocenters. The van der Waals surface area contributed by atoms with E-state index >= 15 is 0 Å². The molecule has 0 amide bonds. The maximum atomic E-state index is 9.88. The van der Waals surface area contributed by atoms with E-state index < -0.39 is 0 Å². The lowest BCUT2D eigenvalue weighted by molar-refractivity contribution is 0.0393. The zero-order valence-corrected chi connectivity index (χ0v) is 15.6. The Bertz CT molecular complexity index is 770. The maximum absolute atomic E-state index is 9.88. The van der Waals surface area contributed by atoms with Crippen LogP contribution in [-0.2, 0) is 11.2 Å². The van der Waals surface area contributed by atoms with Gasteiger partial charge in [0.05, 0.1) is 37.1 Å². The van der Waals surface area contributed by atoms with Crippen molar-refractivity contribution in [1.82, 2.24) is 9.91 Å². The van der Waals surface area contributed by atoms with Gasteiger partial charge in [-0.1, -0.05) is 12.1 Å². The van der Waals surface area contributed by atoms with E-state index in [0.29, 0.717) is 44.1 Å². The highest BCUT2D eigenvalue weighted by molar-refractivity contribution is 5.90. The SMILES string of the molecule is CNc1ccc(C/C(C#N)=C(/CN2CCOCC2)N2CC(N)=NC=N2)cc1. The number of hydrogen-bond donors (Lipinski definition) is 2. The number of nitriles is 1. The van der Waals surface area contributed by atoms with Gasteiger partial charge in [0.2, 0.25) is 0 Å². The van der Waals surface area contributed by atoms with Gasteiger partial charge in [-0.2, -0.15) is 10.4 Å². The topological polar surface area (TPSA) is 102 Å². The molecule has 0 bridgehead atoms. The second-order valence-electron chi connectivity index (χ2n) is 6.46. The summed E-state index contributed by atoms with van der Waals surface area (Å²) in [6.45, 7) is 4.09. The van der Waals surface area contributed by atoms with Crippen LogP contribution in [-0.4, -0.2) is 68.5 Å². The van der Waals surface area contributed by atoms with E-state index in [9.17, 15) is 5.26 Å². The Morgan fingerprint density at radius 2 is 2.04 bits per heavy atom. The number of morpholine rings is 1. The largest absolute Gasteiger partial charge is 0.388 e. The number of aliphatic imine (C=N–C) groups is 1. The minimum absolute atomic E-state index is 0.389. The van der Waals surface area contributed by atoms with Crippen molar-refractivity contribution in [2.24, 2.45) is 15.8 Å². The molecule has 0 radical (unpaired) electrons. The number of nitrogens with zero attached hydrogens (tertiary/aromatic N) is 5. The fourth-order valence-electron chi connectivity index (χ4n) is 3.07. The van der Waals surface area contributed by atoms with E-state index in [-0.39, 0.29) is 0 Å². The summed E-state index contributed by atoms with van der Waals surface area (Å²) in [7, 11) is 1.89. The van der Waals surface area contributed by atoms with Gasteiger partial charge in [0.1, 0.15) is 12.2 Å². The predicted molar refractivity (Wildman–Crippen MR) is 106 cm³/mol. The summed E-state index contributed by atoms with van der Waals surface area (Å²) >= 11 is 0. The van der Waals surface area contributed by atoms with E-state index in [1.54, 1.807) is 5.01 Å². The van der Waals surface area contributed by atoms with E-state index in [2.05, 4.69) is 26.4 Å². The monoisotopic (exact) mass is 367 g/mol. The fraction of sp³-hybridized carbons (Fsp3) is 0.421. The third-order valence-corrected chi connectivity index (χ3v) is 4.62. The van der Waals surface area contributed by atoms with Crippen molar-refractivity contribution in [3.63, 3.8) is 0 Å². The quantitative estimate of drug-likeness (QED) is 0.727. The summed E-state index contributed by atoms with van der Waals surface area (Å²) in [6.07, 6.45) is 1.98. The van der Waals surface area contributed by atoms with E-state index in [1.807, 2.05) is 31.3 Å². The number of nitrogens with two attached hydrogens (primary N) is 1. The molecule has 2 aliphatic heterocycles. The molecule has 2 heterocycles. The van der Waals surface area contributed by atoms with Gasteiger partial charge in [-0.15, -0.1) is 0 Å². The fourth-order valence-corrected chi connectivity index (χ4v) is 3.07. The van der Waals surface area contributed by atoms with Crippen LogP contribution < -0.4 is 11.1 Å². The highest BCUT2D eigenvalue weighted by Gasteiger charge is 2.22. The summed E-state index contributed by atoms with van der Waals surface area (Å²) in [5.41, 5.74) is 9.56. The van der Waals surface area contributed by atoms with Crippen molar-refractivity contribution in [3.05, 3.63) is 41.1 Å². The van der Waals surface area contributed by atoms with Crippen LogP contribution in [0.25, 0.3) is 0 Å². The van der Waals surface area contributed by atoms with Crippen molar-refractivity contribution < 1.29 is 4.74 Å². The standard InChI is InChI=1S/C19H25N7O/c1-22-17-4-2-15(3-5-17)10-16(11-20)18(12-25-6-8-27-9-7-25)26-13-19(21)23-14-24-26/h2-5,14,22H,6-10,12-13H2,1H3,(H2,21,23,24)/b18-16+. The molecule has 8 heteroatoms. The molecule has 1 aromatic rings. The van der Waals surface area contributed by atoms with Crippen LogP contribution in [0.3, 0.4) is 0 Å². The lowest BCUT2D eigenvalue weighted by Crippen LogP contribution is -2.42. The number of hydrogen-bond acceptors (Lipinski definition) is 8. The third kappa shape index (κ3) is 5.06. The Labute approximate surface area is 159 Å². The summed E-state index contributed by atoms with van der Waals surface area (Å²) in [5.74, 6) is 0.486. The highest BCUT2D eigenvalue weighted by atomic mass is 16.5. The minimum Gasteiger partial charge on any atom is -0.388 e. The average Bonchev–Trinajstić information content (AvgIpc) is 2.72. The molecule has 2 aliphatic rings.